The number of nitro groups is 1. The van der Waals surface area contributed by atoms with Gasteiger partial charge in [0.1, 0.15) is 0 Å². The van der Waals surface area contributed by atoms with Crippen molar-refractivity contribution in [2.24, 2.45) is 0 Å². The van der Waals surface area contributed by atoms with Gasteiger partial charge in [-0.15, -0.1) is 0 Å². The molecule has 1 aromatic rings. The van der Waals surface area contributed by atoms with Crippen LogP contribution in [0.25, 0.3) is 0 Å². The van der Waals surface area contributed by atoms with Crippen molar-refractivity contribution in [1.82, 2.24) is 0 Å². The molecule has 0 saturated carbocycles. The number of rotatable bonds is 3. The van der Waals surface area contributed by atoms with Crippen LogP contribution in [0.2, 0.25) is 0 Å². The number of hydrogen-bond donors (Lipinski definition) is 0. The molecule has 1 aliphatic rings. The Morgan fingerprint density at radius 3 is 2.78 bits per heavy atom. The van der Waals surface area contributed by atoms with Crippen molar-refractivity contribution in [3.63, 3.8) is 0 Å². The van der Waals surface area contributed by atoms with Crippen molar-refractivity contribution in [2.45, 2.75) is 6.42 Å². The molecule has 0 atom stereocenters. The van der Waals surface area contributed by atoms with Gasteiger partial charge in [0.15, 0.2) is 0 Å². The Bertz CT molecular complexity index is 490. The average Bonchev–Trinajstić information content (AvgIpc) is 2.40. The normalized spacial score (nSPS) is 15.2. The van der Waals surface area contributed by atoms with Crippen molar-refractivity contribution in [3.05, 3.63) is 33.9 Å². The van der Waals surface area contributed by atoms with Crippen molar-refractivity contribution in [2.75, 3.05) is 31.2 Å². The van der Waals surface area contributed by atoms with Gasteiger partial charge in [0.2, 0.25) is 0 Å². The molecule has 0 radical (unpaired) electrons. The summed E-state index contributed by atoms with van der Waals surface area (Å²) in [6.07, 6.45) is 0.0501. The van der Waals surface area contributed by atoms with Gasteiger partial charge < -0.3 is 9.64 Å². The number of ether oxygens (including phenoxy) is 1. The predicted octanol–water partition coefficient (Wildman–Crippen LogP) is 1.50. The third kappa shape index (κ3) is 2.57. The van der Waals surface area contributed by atoms with E-state index in [1.807, 2.05) is 6.07 Å². The monoisotopic (exact) mass is 247 g/mol. The fourth-order valence-electron chi connectivity index (χ4n) is 2.00. The van der Waals surface area contributed by atoms with E-state index < -0.39 is 4.92 Å². The second-order valence-electron chi connectivity index (χ2n) is 4.00. The maximum atomic E-state index is 10.8. The second kappa shape index (κ2) is 5.47. The molecular weight excluding hydrogens is 234 g/mol. The van der Waals surface area contributed by atoms with Crippen LogP contribution < -0.4 is 4.90 Å². The molecule has 1 heterocycles. The van der Waals surface area contributed by atoms with E-state index in [0.717, 1.165) is 18.8 Å². The Balaban J connectivity index is 2.30. The Hall–Kier alpha value is -2.13. The van der Waals surface area contributed by atoms with Gasteiger partial charge in [0, 0.05) is 30.4 Å². The van der Waals surface area contributed by atoms with E-state index in [1.54, 1.807) is 12.1 Å². The Morgan fingerprint density at radius 2 is 2.17 bits per heavy atom. The Kier molecular flexibility index (Phi) is 3.75. The highest BCUT2D eigenvalue weighted by Gasteiger charge is 2.17. The predicted molar refractivity (Wildman–Crippen MR) is 65.4 cm³/mol. The fourth-order valence-corrected chi connectivity index (χ4v) is 2.00. The van der Waals surface area contributed by atoms with Gasteiger partial charge in [-0.05, 0) is 12.1 Å². The standard InChI is InChI=1S/C12H13N3O3/c13-4-3-10-9-11(1-2-12(10)15(16)17)14-5-7-18-8-6-14/h1-2,9H,3,5-8H2. The third-order valence-electron chi connectivity index (χ3n) is 2.91. The van der Waals surface area contributed by atoms with Crippen LogP contribution in [-0.2, 0) is 11.2 Å². The van der Waals surface area contributed by atoms with E-state index in [0.29, 0.717) is 18.8 Å². The molecule has 0 unspecified atom stereocenters. The summed E-state index contributed by atoms with van der Waals surface area (Å²) in [5.41, 5.74) is 1.38. The van der Waals surface area contributed by atoms with Crippen LogP contribution in [-0.4, -0.2) is 31.2 Å². The highest BCUT2D eigenvalue weighted by molar-refractivity contribution is 5.56. The lowest BCUT2D eigenvalue weighted by Crippen LogP contribution is -2.36. The second-order valence-corrected chi connectivity index (χ2v) is 4.00. The quantitative estimate of drug-likeness (QED) is 0.597. The summed E-state index contributed by atoms with van der Waals surface area (Å²) in [6, 6.07) is 6.89. The minimum absolute atomic E-state index is 0.00793. The first-order valence-corrected chi connectivity index (χ1v) is 5.69. The number of nitriles is 1. The summed E-state index contributed by atoms with van der Waals surface area (Å²) in [7, 11) is 0. The number of nitro benzene ring substituents is 1. The van der Waals surface area contributed by atoms with E-state index >= 15 is 0 Å². The van der Waals surface area contributed by atoms with Crippen molar-refractivity contribution >= 4 is 11.4 Å². The summed E-state index contributed by atoms with van der Waals surface area (Å²) < 4.78 is 5.26. The molecule has 1 aliphatic heterocycles. The van der Waals surface area contributed by atoms with Crippen molar-refractivity contribution in [1.29, 1.82) is 5.26 Å². The maximum Gasteiger partial charge on any atom is 0.273 e. The molecule has 0 N–H and O–H groups in total. The lowest BCUT2D eigenvalue weighted by Gasteiger charge is -2.29. The first kappa shape index (κ1) is 12.3. The van der Waals surface area contributed by atoms with Gasteiger partial charge in [-0.1, -0.05) is 0 Å². The van der Waals surface area contributed by atoms with E-state index in [-0.39, 0.29) is 12.1 Å². The summed E-state index contributed by atoms with van der Waals surface area (Å²) in [4.78, 5) is 12.5. The average molecular weight is 247 g/mol. The third-order valence-corrected chi connectivity index (χ3v) is 2.91. The Morgan fingerprint density at radius 1 is 1.44 bits per heavy atom. The van der Waals surface area contributed by atoms with Crippen LogP contribution >= 0.6 is 0 Å². The maximum absolute atomic E-state index is 10.8. The van der Waals surface area contributed by atoms with Crippen LogP contribution in [0.4, 0.5) is 11.4 Å². The zero-order valence-electron chi connectivity index (χ0n) is 9.83. The number of nitrogens with zero attached hydrogens (tertiary/aromatic N) is 3. The van der Waals surface area contributed by atoms with Crippen LogP contribution in [0.15, 0.2) is 18.2 Å². The van der Waals surface area contributed by atoms with Crippen LogP contribution in [0.1, 0.15) is 5.56 Å². The summed E-state index contributed by atoms with van der Waals surface area (Å²) in [5, 5.41) is 19.6. The van der Waals surface area contributed by atoms with Gasteiger partial charge in [-0.3, -0.25) is 10.1 Å². The van der Waals surface area contributed by atoms with Gasteiger partial charge >= 0.3 is 0 Å². The molecule has 2 rings (SSSR count). The van der Waals surface area contributed by atoms with Crippen LogP contribution in [0, 0.1) is 21.4 Å². The van der Waals surface area contributed by atoms with Crippen molar-refractivity contribution in [3.8, 4) is 6.07 Å². The highest BCUT2D eigenvalue weighted by Crippen LogP contribution is 2.25. The van der Waals surface area contributed by atoms with E-state index in [2.05, 4.69) is 4.90 Å². The van der Waals surface area contributed by atoms with E-state index in [9.17, 15) is 10.1 Å². The molecule has 1 fully saturated rings. The molecule has 6 heteroatoms. The van der Waals surface area contributed by atoms with E-state index in [1.165, 1.54) is 6.07 Å². The molecule has 94 valence electrons. The zero-order chi connectivity index (χ0) is 13.0. The number of anilines is 1. The minimum Gasteiger partial charge on any atom is -0.378 e. The molecule has 1 aromatic carbocycles. The molecule has 0 bridgehead atoms. The molecule has 0 spiro atoms. The molecule has 0 aliphatic carbocycles. The lowest BCUT2D eigenvalue weighted by atomic mass is 10.1. The fraction of sp³-hybridized carbons (Fsp3) is 0.417. The minimum atomic E-state index is -0.449. The van der Waals surface area contributed by atoms with Gasteiger partial charge in [-0.25, -0.2) is 0 Å². The van der Waals surface area contributed by atoms with Gasteiger partial charge in [0.25, 0.3) is 5.69 Å². The molecule has 6 nitrogen and oxygen atoms in total. The van der Waals surface area contributed by atoms with Crippen molar-refractivity contribution < 1.29 is 9.66 Å². The molecule has 18 heavy (non-hydrogen) atoms. The first-order valence-electron chi connectivity index (χ1n) is 5.69. The molecule has 0 amide bonds. The zero-order valence-corrected chi connectivity index (χ0v) is 9.83. The number of hydrogen-bond acceptors (Lipinski definition) is 5. The van der Waals surface area contributed by atoms with Crippen LogP contribution in [0.5, 0.6) is 0 Å². The molecule has 0 aromatic heterocycles. The first-order chi connectivity index (χ1) is 8.72. The van der Waals surface area contributed by atoms with Crippen LogP contribution in [0.3, 0.4) is 0 Å². The summed E-state index contributed by atoms with van der Waals surface area (Å²) in [5.74, 6) is 0. The van der Waals surface area contributed by atoms with E-state index in [4.69, 9.17) is 10.00 Å². The highest BCUT2D eigenvalue weighted by atomic mass is 16.6. The smallest absolute Gasteiger partial charge is 0.273 e. The summed E-state index contributed by atoms with van der Waals surface area (Å²) in [6.45, 7) is 2.85. The number of morpholine rings is 1. The SMILES string of the molecule is N#CCc1cc(N2CCOCC2)ccc1[N+](=O)[O-]. The molecule has 1 saturated heterocycles. The number of benzene rings is 1. The Labute approximate surface area is 105 Å². The van der Waals surface area contributed by atoms with Gasteiger partial charge in [0.05, 0.1) is 30.6 Å². The van der Waals surface area contributed by atoms with Gasteiger partial charge in [-0.2, -0.15) is 5.26 Å². The lowest BCUT2D eigenvalue weighted by molar-refractivity contribution is -0.385. The largest absolute Gasteiger partial charge is 0.378 e. The topological polar surface area (TPSA) is 79.4 Å². The molecular formula is C12H13N3O3. The summed E-state index contributed by atoms with van der Waals surface area (Å²) >= 11 is 0.